The molecule has 1 aliphatic heterocycles. The lowest BCUT2D eigenvalue weighted by Gasteiger charge is -2.34. The zero-order valence-electron chi connectivity index (χ0n) is 16.6. The van der Waals surface area contributed by atoms with Gasteiger partial charge >= 0.3 is 0 Å². The molecule has 2 rings (SSSR count). The zero-order valence-corrected chi connectivity index (χ0v) is 17.5. The number of morpholine rings is 1. The van der Waals surface area contributed by atoms with E-state index in [4.69, 9.17) is 4.74 Å². The number of hydrogen-bond acceptors (Lipinski definition) is 5. The van der Waals surface area contributed by atoms with Gasteiger partial charge in [0, 0.05) is 32.4 Å². The predicted octanol–water partition coefficient (Wildman–Crippen LogP) is 2.15. The van der Waals surface area contributed by atoms with Gasteiger partial charge in [0.05, 0.1) is 23.6 Å². The fraction of sp³-hybridized carbons (Fsp3) is 0.632. The fourth-order valence-electron chi connectivity index (χ4n) is 3.21. The van der Waals surface area contributed by atoms with Gasteiger partial charge in [-0.1, -0.05) is 13.3 Å². The molecule has 2 atom stereocenters. The number of anilines is 1. The van der Waals surface area contributed by atoms with E-state index in [0.717, 1.165) is 25.9 Å². The van der Waals surface area contributed by atoms with Gasteiger partial charge < -0.3 is 10.1 Å². The van der Waals surface area contributed by atoms with Crippen molar-refractivity contribution in [2.45, 2.75) is 50.7 Å². The van der Waals surface area contributed by atoms with Gasteiger partial charge in [0.15, 0.2) is 0 Å². The van der Waals surface area contributed by atoms with Crippen LogP contribution in [0.15, 0.2) is 29.2 Å². The Morgan fingerprint density at radius 3 is 2.37 bits per heavy atom. The van der Waals surface area contributed by atoms with E-state index in [2.05, 4.69) is 10.2 Å². The lowest BCUT2D eigenvalue weighted by Crippen LogP contribution is -2.48. The average molecular weight is 398 g/mol. The maximum atomic E-state index is 12.5. The van der Waals surface area contributed by atoms with Crippen molar-refractivity contribution in [3.63, 3.8) is 0 Å². The number of ether oxygens (including phenoxy) is 1. The molecule has 152 valence electrons. The van der Waals surface area contributed by atoms with Crippen molar-refractivity contribution in [2.24, 2.45) is 0 Å². The number of amides is 1. The summed E-state index contributed by atoms with van der Waals surface area (Å²) in [6, 6.07) is 6.32. The second kappa shape index (κ2) is 9.64. The first-order valence-electron chi connectivity index (χ1n) is 9.46. The molecule has 0 aliphatic carbocycles. The largest absolute Gasteiger partial charge is 0.373 e. The highest BCUT2D eigenvalue weighted by Crippen LogP contribution is 2.18. The van der Waals surface area contributed by atoms with Gasteiger partial charge in [0.25, 0.3) is 0 Å². The average Bonchev–Trinajstić information content (AvgIpc) is 2.59. The van der Waals surface area contributed by atoms with E-state index >= 15 is 0 Å². The van der Waals surface area contributed by atoms with Gasteiger partial charge in [-0.3, -0.25) is 9.69 Å². The van der Waals surface area contributed by atoms with Crippen LogP contribution in [0.4, 0.5) is 5.69 Å². The third kappa shape index (κ3) is 6.27. The summed E-state index contributed by atoms with van der Waals surface area (Å²) >= 11 is 0. The second-order valence-electron chi connectivity index (χ2n) is 7.20. The van der Waals surface area contributed by atoms with Crippen LogP contribution in [0.1, 0.15) is 33.6 Å². The topological polar surface area (TPSA) is 79.0 Å². The summed E-state index contributed by atoms with van der Waals surface area (Å²) in [6.07, 6.45) is 1.97. The molecule has 8 heteroatoms. The van der Waals surface area contributed by atoms with Gasteiger partial charge in [-0.05, 0) is 44.5 Å². The Morgan fingerprint density at radius 1 is 1.22 bits per heavy atom. The minimum atomic E-state index is -3.49. The van der Waals surface area contributed by atoms with Crippen LogP contribution in [0.3, 0.4) is 0 Å². The monoisotopic (exact) mass is 397 g/mol. The highest BCUT2D eigenvalue weighted by atomic mass is 32.2. The number of sulfonamides is 1. The van der Waals surface area contributed by atoms with E-state index in [9.17, 15) is 13.2 Å². The molecular weight excluding hydrogens is 366 g/mol. The third-order valence-electron chi connectivity index (χ3n) is 4.54. The molecular formula is C19H31N3O4S. The van der Waals surface area contributed by atoms with Crippen molar-refractivity contribution in [3.8, 4) is 0 Å². The maximum absolute atomic E-state index is 12.5. The normalized spacial score (nSPS) is 21.4. The SMILES string of the molecule is CCCCN(C)S(=O)(=O)c1ccc(NC(=O)CN2C[C@@H](C)O[C@H](C)C2)cc1. The molecule has 1 aliphatic rings. The Morgan fingerprint density at radius 2 is 1.81 bits per heavy atom. The molecule has 0 unspecified atom stereocenters. The minimum Gasteiger partial charge on any atom is -0.373 e. The summed E-state index contributed by atoms with van der Waals surface area (Å²) in [5.74, 6) is -0.119. The number of carbonyl (C=O) groups excluding carboxylic acids is 1. The number of carbonyl (C=O) groups is 1. The molecule has 0 radical (unpaired) electrons. The molecule has 1 saturated heterocycles. The predicted molar refractivity (Wildman–Crippen MR) is 106 cm³/mol. The molecule has 0 saturated carbocycles. The highest BCUT2D eigenvalue weighted by molar-refractivity contribution is 7.89. The molecule has 1 N–H and O–H groups in total. The van der Waals surface area contributed by atoms with Crippen molar-refractivity contribution in [1.29, 1.82) is 0 Å². The zero-order chi connectivity index (χ0) is 20.0. The summed E-state index contributed by atoms with van der Waals surface area (Å²) in [7, 11) is -1.90. The van der Waals surface area contributed by atoms with Crippen molar-refractivity contribution in [3.05, 3.63) is 24.3 Å². The summed E-state index contributed by atoms with van der Waals surface area (Å²) in [6.45, 7) is 8.24. The molecule has 1 fully saturated rings. The van der Waals surface area contributed by atoms with E-state index < -0.39 is 10.0 Å². The Bertz CT molecular complexity index is 711. The minimum absolute atomic E-state index is 0.107. The number of benzene rings is 1. The number of nitrogens with one attached hydrogen (secondary N) is 1. The Kier molecular flexibility index (Phi) is 7.79. The number of unbranched alkanes of at least 4 members (excludes halogenated alkanes) is 1. The molecule has 1 heterocycles. The van der Waals surface area contributed by atoms with Crippen LogP contribution >= 0.6 is 0 Å². The Hall–Kier alpha value is -1.48. The summed E-state index contributed by atoms with van der Waals surface area (Å²) in [5, 5.41) is 2.83. The lowest BCUT2D eigenvalue weighted by molar-refractivity contribution is -0.121. The number of rotatable bonds is 8. The van der Waals surface area contributed by atoms with Gasteiger partial charge in [-0.15, -0.1) is 0 Å². The van der Waals surface area contributed by atoms with Crippen LogP contribution in [0.5, 0.6) is 0 Å². The van der Waals surface area contributed by atoms with Crippen LogP contribution in [0.25, 0.3) is 0 Å². The standard InChI is InChI=1S/C19H31N3O4S/c1-5-6-11-21(4)27(24,25)18-9-7-17(8-10-18)20-19(23)14-22-12-15(2)26-16(3)13-22/h7-10,15-16H,5-6,11-14H2,1-4H3,(H,20,23)/t15-,16-/m1/s1. The summed E-state index contributed by atoms with van der Waals surface area (Å²) in [5.41, 5.74) is 0.588. The van der Waals surface area contributed by atoms with E-state index in [1.54, 1.807) is 19.2 Å². The van der Waals surface area contributed by atoms with Crippen LogP contribution in [0.2, 0.25) is 0 Å². The van der Waals surface area contributed by atoms with Gasteiger partial charge in [0.1, 0.15) is 0 Å². The van der Waals surface area contributed by atoms with Crippen LogP contribution in [-0.4, -0.2) is 69.0 Å². The number of nitrogens with zero attached hydrogens (tertiary/aromatic N) is 2. The van der Waals surface area contributed by atoms with Crippen molar-refractivity contribution >= 4 is 21.6 Å². The molecule has 27 heavy (non-hydrogen) atoms. The molecule has 0 aromatic heterocycles. The molecule has 7 nitrogen and oxygen atoms in total. The Labute approximate surface area is 162 Å². The molecule has 0 bridgehead atoms. The van der Waals surface area contributed by atoms with E-state index in [1.165, 1.54) is 16.4 Å². The van der Waals surface area contributed by atoms with Crippen LogP contribution in [0, 0.1) is 0 Å². The van der Waals surface area contributed by atoms with Crippen molar-refractivity contribution < 1.29 is 17.9 Å². The maximum Gasteiger partial charge on any atom is 0.242 e. The van der Waals surface area contributed by atoms with E-state index in [1.807, 2.05) is 20.8 Å². The van der Waals surface area contributed by atoms with Crippen LogP contribution < -0.4 is 5.32 Å². The third-order valence-corrected chi connectivity index (χ3v) is 6.41. The number of hydrogen-bond donors (Lipinski definition) is 1. The van der Waals surface area contributed by atoms with Crippen LogP contribution in [-0.2, 0) is 19.6 Å². The van der Waals surface area contributed by atoms with E-state index in [0.29, 0.717) is 12.2 Å². The van der Waals surface area contributed by atoms with Gasteiger partial charge in [-0.25, -0.2) is 12.7 Å². The highest BCUT2D eigenvalue weighted by Gasteiger charge is 2.24. The molecule has 1 amide bonds. The first kappa shape index (κ1) is 21.8. The van der Waals surface area contributed by atoms with E-state index in [-0.39, 0.29) is 29.6 Å². The van der Waals surface area contributed by atoms with Crippen molar-refractivity contribution in [1.82, 2.24) is 9.21 Å². The molecule has 1 aromatic rings. The molecule has 1 aromatic carbocycles. The lowest BCUT2D eigenvalue weighted by atomic mass is 10.2. The molecule has 0 spiro atoms. The Balaban J connectivity index is 1.94. The quantitative estimate of drug-likeness (QED) is 0.727. The fourth-order valence-corrected chi connectivity index (χ4v) is 4.42. The van der Waals surface area contributed by atoms with Crippen molar-refractivity contribution in [2.75, 3.05) is 38.5 Å². The van der Waals surface area contributed by atoms with Gasteiger partial charge in [-0.2, -0.15) is 0 Å². The van der Waals surface area contributed by atoms with Gasteiger partial charge in [0.2, 0.25) is 15.9 Å². The summed E-state index contributed by atoms with van der Waals surface area (Å²) < 4.78 is 32.1. The first-order valence-corrected chi connectivity index (χ1v) is 10.9. The summed E-state index contributed by atoms with van der Waals surface area (Å²) in [4.78, 5) is 14.6. The first-order chi connectivity index (χ1) is 12.7. The second-order valence-corrected chi connectivity index (χ2v) is 9.25. The smallest absolute Gasteiger partial charge is 0.242 e.